The zero-order chi connectivity index (χ0) is 21.0. The van der Waals surface area contributed by atoms with Gasteiger partial charge in [0.15, 0.2) is 11.6 Å². The van der Waals surface area contributed by atoms with Crippen LogP contribution >= 0.6 is 0 Å². The number of benzene rings is 1. The van der Waals surface area contributed by atoms with Crippen molar-refractivity contribution in [3.8, 4) is 0 Å². The van der Waals surface area contributed by atoms with Gasteiger partial charge in [0.2, 0.25) is 0 Å². The highest BCUT2D eigenvalue weighted by Crippen LogP contribution is 2.23. The van der Waals surface area contributed by atoms with Crippen molar-refractivity contribution in [2.24, 2.45) is 0 Å². The second-order valence-electron chi connectivity index (χ2n) is 7.64. The smallest absolute Gasteiger partial charge is 0.297 e. The molecule has 8 nitrogen and oxygen atoms in total. The molecule has 9 heteroatoms. The zero-order valence-electron chi connectivity index (χ0n) is 17.0. The summed E-state index contributed by atoms with van der Waals surface area (Å²) < 4.78 is 50.1. The molecule has 3 rings (SSSR count). The van der Waals surface area contributed by atoms with Crippen LogP contribution in [0.25, 0.3) is 0 Å². The largest absolute Gasteiger partial charge is 0.394 e. The maximum Gasteiger partial charge on any atom is 0.297 e. The first kappa shape index (κ1) is 23.2. The summed E-state index contributed by atoms with van der Waals surface area (Å²) >= 11 is 0. The van der Waals surface area contributed by atoms with Gasteiger partial charge in [-0.2, -0.15) is 8.42 Å². The molecule has 0 aromatic heterocycles. The van der Waals surface area contributed by atoms with E-state index in [9.17, 15) is 8.42 Å². The molecule has 2 unspecified atom stereocenters. The highest BCUT2D eigenvalue weighted by molar-refractivity contribution is 7.86. The Morgan fingerprint density at radius 1 is 1.00 bits per heavy atom. The summed E-state index contributed by atoms with van der Waals surface area (Å²) in [6.07, 6.45) is -0.491. The van der Waals surface area contributed by atoms with E-state index < -0.39 is 21.7 Å². The lowest BCUT2D eigenvalue weighted by molar-refractivity contribution is -0.142. The van der Waals surface area contributed by atoms with E-state index in [-0.39, 0.29) is 30.3 Å². The lowest BCUT2D eigenvalue weighted by atomic mass is 10.2. The molecular formula is C19H30O8S. The lowest BCUT2D eigenvalue weighted by Crippen LogP contribution is -2.25. The monoisotopic (exact) mass is 418 g/mol. The average Bonchev–Trinajstić information content (AvgIpc) is 3.15. The second-order valence-corrected chi connectivity index (χ2v) is 9.25. The van der Waals surface area contributed by atoms with E-state index >= 15 is 0 Å². The molecule has 0 amide bonds. The van der Waals surface area contributed by atoms with Crippen LogP contribution in [0.1, 0.15) is 33.3 Å². The van der Waals surface area contributed by atoms with Gasteiger partial charge in [0.1, 0.15) is 12.2 Å². The maximum absolute atomic E-state index is 11.9. The molecule has 0 aliphatic carbocycles. The fourth-order valence-electron chi connectivity index (χ4n) is 2.64. The van der Waals surface area contributed by atoms with Crippen molar-refractivity contribution in [2.75, 3.05) is 26.4 Å². The average molecular weight is 419 g/mol. The van der Waals surface area contributed by atoms with Crippen LogP contribution in [-0.4, -0.2) is 63.7 Å². The highest BCUT2D eigenvalue weighted by atomic mass is 32.2. The van der Waals surface area contributed by atoms with E-state index in [0.717, 1.165) is 5.56 Å². The van der Waals surface area contributed by atoms with Crippen molar-refractivity contribution >= 4 is 10.1 Å². The summed E-state index contributed by atoms with van der Waals surface area (Å²) in [6.45, 7) is 9.96. The Hall–Kier alpha value is -1.07. The lowest BCUT2D eigenvalue weighted by Gasteiger charge is -2.16. The fourth-order valence-corrected chi connectivity index (χ4v) is 3.57. The van der Waals surface area contributed by atoms with E-state index in [1.807, 2.05) is 20.8 Å². The Balaban J connectivity index is 0.000000261. The molecule has 0 saturated carbocycles. The van der Waals surface area contributed by atoms with Crippen LogP contribution in [0.4, 0.5) is 0 Å². The molecule has 0 spiro atoms. The zero-order valence-corrected chi connectivity index (χ0v) is 17.8. The number of aliphatic hydroxyl groups excluding tert-OH is 1. The summed E-state index contributed by atoms with van der Waals surface area (Å²) in [5, 5.41) is 8.59. The van der Waals surface area contributed by atoms with Gasteiger partial charge in [-0.15, -0.1) is 0 Å². The van der Waals surface area contributed by atoms with Crippen molar-refractivity contribution in [3.05, 3.63) is 29.8 Å². The topological polar surface area (TPSA) is 101 Å². The molecule has 2 atom stereocenters. The Bertz CT molecular complexity index is 727. The molecule has 160 valence electrons. The van der Waals surface area contributed by atoms with Crippen LogP contribution in [-0.2, 0) is 33.2 Å². The first-order valence-electron chi connectivity index (χ1n) is 9.13. The molecule has 0 bridgehead atoms. The predicted octanol–water partition coefficient (Wildman–Crippen LogP) is 1.98. The number of hydrogen-bond acceptors (Lipinski definition) is 8. The van der Waals surface area contributed by atoms with E-state index in [2.05, 4.69) is 0 Å². The quantitative estimate of drug-likeness (QED) is 0.725. The van der Waals surface area contributed by atoms with Crippen LogP contribution in [0.3, 0.4) is 0 Å². The first-order valence-corrected chi connectivity index (χ1v) is 10.5. The van der Waals surface area contributed by atoms with Gasteiger partial charge in [-0.05, 0) is 46.8 Å². The standard InChI is InChI=1S/C13H18O5S.C6H12O3/c1-10-4-6-12(7-5-10)19(14,15)17-9-11-8-16-13(2,3)18-11;1-6(2)8-4-5(3-7)9-6/h4-7,11H,8-9H2,1-3H3;5,7H,3-4H2,1-2H3. The van der Waals surface area contributed by atoms with Crippen molar-refractivity contribution < 1.29 is 36.7 Å². The normalized spacial score (nSPS) is 25.9. The number of aryl methyl sites for hydroxylation is 1. The fraction of sp³-hybridized carbons (Fsp3) is 0.684. The van der Waals surface area contributed by atoms with Crippen molar-refractivity contribution in [2.45, 2.75) is 63.3 Å². The van der Waals surface area contributed by atoms with Crippen LogP contribution in [0.5, 0.6) is 0 Å². The van der Waals surface area contributed by atoms with Crippen LogP contribution in [0, 0.1) is 6.92 Å². The van der Waals surface area contributed by atoms with Gasteiger partial charge in [-0.1, -0.05) is 17.7 Å². The summed E-state index contributed by atoms with van der Waals surface area (Å²) in [7, 11) is -3.74. The Kier molecular flexibility index (Phi) is 7.60. The summed E-state index contributed by atoms with van der Waals surface area (Å²) in [6, 6.07) is 6.52. The van der Waals surface area contributed by atoms with Gasteiger partial charge >= 0.3 is 0 Å². The first-order chi connectivity index (χ1) is 12.9. The number of rotatable bonds is 5. The van der Waals surface area contributed by atoms with Crippen molar-refractivity contribution in [1.29, 1.82) is 0 Å². The third kappa shape index (κ3) is 7.07. The van der Waals surface area contributed by atoms with Crippen LogP contribution < -0.4 is 0 Å². The maximum atomic E-state index is 11.9. The van der Waals surface area contributed by atoms with Gasteiger partial charge in [0.25, 0.3) is 10.1 Å². The van der Waals surface area contributed by atoms with Gasteiger partial charge in [-0.3, -0.25) is 4.18 Å². The Morgan fingerprint density at radius 3 is 1.89 bits per heavy atom. The van der Waals surface area contributed by atoms with E-state index in [1.165, 1.54) is 12.1 Å². The minimum absolute atomic E-state index is 0.0420. The molecule has 2 aliphatic heterocycles. The molecule has 2 fully saturated rings. The number of hydrogen-bond donors (Lipinski definition) is 1. The Morgan fingerprint density at radius 2 is 1.50 bits per heavy atom. The molecule has 2 saturated heterocycles. The van der Waals surface area contributed by atoms with E-state index in [0.29, 0.717) is 13.2 Å². The molecule has 1 aromatic carbocycles. The van der Waals surface area contributed by atoms with Crippen LogP contribution in [0.15, 0.2) is 29.2 Å². The molecule has 0 radical (unpaired) electrons. The van der Waals surface area contributed by atoms with E-state index in [4.69, 9.17) is 28.2 Å². The highest BCUT2D eigenvalue weighted by Gasteiger charge is 2.34. The van der Waals surface area contributed by atoms with Gasteiger partial charge < -0.3 is 24.1 Å². The van der Waals surface area contributed by atoms with E-state index in [1.54, 1.807) is 26.0 Å². The number of ether oxygens (including phenoxy) is 4. The van der Waals surface area contributed by atoms with Gasteiger partial charge in [0, 0.05) is 0 Å². The summed E-state index contributed by atoms with van der Waals surface area (Å²) in [5.41, 5.74) is 0.994. The summed E-state index contributed by atoms with van der Waals surface area (Å²) in [5.74, 6) is -1.17. The number of aliphatic hydroxyl groups is 1. The molecule has 1 N–H and O–H groups in total. The molecule has 1 aromatic rings. The van der Waals surface area contributed by atoms with Gasteiger partial charge in [-0.25, -0.2) is 0 Å². The van der Waals surface area contributed by atoms with Gasteiger partial charge in [0.05, 0.1) is 31.3 Å². The van der Waals surface area contributed by atoms with Crippen LogP contribution in [0.2, 0.25) is 0 Å². The Labute approximate surface area is 166 Å². The molecular weight excluding hydrogens is 388 g/mol. The minimum Gasteiger partial charge on any atom is -0.394 e. The minimum atomic E-state index is -3.74. The predicted molar refractivity (Wildman–Crippen MR) is 101 cm³/mol. The SMILES string of the molecule is CC1(C)OCC(CO)O1.Cc1ccc(S(=O)(=O)OCC2COC(C)(C)O2)cc1. The molecule has 2 aliphatic rings. The third-order valence-electron chi connectivity index (χ3n) is 4.06. The second kappa shape index (κ2) is 9.17. The van der Waals surface area contributed by atoms with Crippen molar-refractivity contribution in [1.82, 2.24) is 0 Å². The molecule has 28 heavy (non-hydrogen) atoms. The summed E-state index contributed by atoms with van der Waals surface area (Å²) in [4.78, 5) is 0.149. The third-order valence-corrected chi connectivity index (χ3v) is 5.35. The molecule has 2 heterocycles. The van der Waals surface area contributed by atoms with Crippen molar-refractivity contribution in [3.63, 3.8) is 0 Å².